The maximum absolute atomic E-state index is 11.4. The second-order valence-corrected chi connectivity index (χ2v) is 12.6. The number of phenols is 1. The highest BCUT2D eigenvalue weighted by molar-refractivity contribution is 7.99. The molecule has 0 aliphatic carbocycles. The van der Waals surface area contributed by atoms with Gasteiger partial charge in [-0.1, -0.05) is 144 Å². The molecule has 2 atom stereocenters. The minimum Gasteiger partial charge on any atom is -0.507 e. The van der Waals surface area contributed by atoms with Gasteiger partial charge in [0.25, 0.3) is 0 Å². The van der Waals surface area contributed by atoms with Crippen LogP contribution in [-0.4, -0.2) is 10.9 Å². The minimum absolute atomic E-state index is 0.436. The Hall–Kier alpha value is -0.630. The topological polar surface area (TPSA) is 20.2 Å². The van der Waals surface area contributed by atoms with Crippen LogP contribution < -0.4 is 0 Å². The molecule has 0 amide bonds. The molecule has 2 unspecified atom stereocenters. The number of aromatic hydroxyl groups is 1. The molecule has 1 rings (SSSR count). The average Bonchev–Trinajstić information content (AvgIpc) is 2.87. The van der Waals surface area contributed by atoms with Crippen LogP contribution in [0.15, 0.2) is 17.0 Å². The third kappa shape index (κ3) is 14.9. The second kappa shape index (κ2) is 22.4. The number of phenolic OH excluding ortho intramolecular Hbond substituents is 1. The van der Waals surface area contributed by atoms with Gasteiger partial charge in [0, 0.05) is 4.90 Å². The van der Waals surface area contributed by atoms with Gasteiger partial charge in [0.2, 0.25) is 0 Å². The maximum atomic E-state index is 11.4. The van der Waals surface area contributed by atoms with E-state index in [0.29, 0.717) is 17.6 Å². The Morgan fingerprint density at radius 2 is 0.917 bits per heavy atom. The highest BCUT2D eigenvalue weighted by atomic mass is 32.2. The van der Waals surface area contributed by atoms with E-state index in [1.54, 1.807) is 0 Å². The van der Waals surface area contributed by atoms with E-state index in [2.05, 4.69) is 46.8 Å². The van der Waals surface area contributed by atoms with E-state index in [0.717, 1.165) is 0 Å². The lowest BCUT2D eigenvalue weighted by Gasteiger charge is -2.21. The molecule has 0 saturated carbocycles. The average molecular weight is 519 g/mol. The Kier molecular flexibility index (Phi) is 20.7. The SMILES string of the molecule is CCCCCCCCCCC(C)c1cc(SCCCC)cc(C(C)CCCCCCCCCC)c1O. The van der Waals surface area contributed by atoms with Crippen molar-refractivity contribution < 1.29 is 5.11 Å². The summed E-state index contributed by atoms with van der Waals surface area (Å²) in [7, 11) is 0. The van der Waals surface area contributed by atoms with Gasteiger partial charge in [-0.3, -0.25) is 0 Å². The lowest BCUT2D eigenvalue weighted by Crippen LogP contribution is -2.02. The molecular formula is C34H62OS. The number of hydrogen-bond acceptors (Lipinski definition) is 2. The van der Waals surface area contributed by atoms with Crippen LogP contribution in [0.1, 0.15) is 186 Å². The molecule has 1 nitrogen and oxygen atoms in total. The molecule has 210 valence electrons. The van der Waals surface area contributed by atoms with E-state index in [1.165, 1.54) is 150 Å². The summed E-state index contributed by atoms with van der Waals surface area (Å²) in [5.41, 5.74) is 2.41. The van der Waals surface area contributed by atoms with E-state index < -0.39 is 0 Å². The first-order chi connectivity index (χ1) is 17.5. The summed E-state index contributed by atoms with van der Waals surface area (Å²) in [4.78, 5) is 1.37. The number of thioether (sulfide) groups is 1. The molecule has 0 spiro atoms. The first-order valence-corrected chi connectivity index (χ1v) is 17.0. The standard InChI is InChI=1S/C34H62OS/c1-6-9-12-14-16-18-20-22-24-29(4)32-27-31(36-26-11-8-3)28-33(34(32)35)30(5)25-23-21-19-17-15-13-10-7-2/h27-30,35H,6-26H2,1-5H3. The van der Waals surface area contributed by atoms with Crippen molar-refractivity contribution in [3.8, 4) is 5.75 Å². The summed E-state index contributed by atoms with van der Waals surface area (Å²) in [6.45, 7) is 11.5. The maximum Gasteiger partial charge on any atom is 0.122 e. The van der Waals surface area contributed by atoms with Crippen LogP contribution in [0, 0.1) is 0 Å². The molecule has 0 fully saturated rings. The van der Waals surface area contributed by atoms with Crippen LogP contribution in [0.5, 0.6) is 5.75 Å². The number of rotatable bonds is 24. The van der Waals surface area contributed by atoms with Crippen molar-refractivity contribution in [3.63, 3.8) is 0 Å². The fourth-order valence-electron chi connectivity index (χ4n) is 5.30. The molecule has 0 saturated heterocycles. The molecule has 0 aromatic heterocycles. The molecule has 36 heavy (non-hydrogen) atoms. The Balaban J connectivity index is 2.65. The van der Waals surface area contributed by atoms with Gasteiger partial charge in [-0.25, -0.2) is 0 Å². The van der Waals surface area contributed by atoms with Gasteiger partial charge in [0.05, 0.1) is 0 Å². The van der Waals surface area contributed by atoms with Crippen LogP contribution in [0.25, 0.3) is 0 Å². The van der Waals surface area contributed by atoms with E-state index in [9.17, 15) is 5.11 Å². The molecule has 1 aromatic carbocycles. The van der Waals surface area contributed by atoms with Crippen LogP contribution in [-0.2, 0) is 0 Å². The Morgan fingerprint density at radius 1 is 0.556 bits per heavy atom. The molecule has 1 N–H and O–H groups in total. The summed E-state index contributed by atoms with van der Waals surface area (Å²) in [5, 5.41) is 11.4. The number of hydrogen-bond donors (Lipinski definition) is 1. The molecule has 1 aromatic rings. The van der Waals surface area contributed by atoms with Crippen molar-refractivity contribution >= 4 is 11.8 Å². The highest BCUT2D eigenvalue weighted by Crippen LogP contribution is 2.40. The number of unbranched alkanes of at least 4 members (excludes halogenated alkanes) is 15. The summed E-state index contributed by atoms with van der Waals surface area (Å²) >= 11 is 1.99. The van der Waals surface area contributed by atoms with Gasteiger partial charge in [0.1, 0.15) is 5.75 Å². The Labute approximate surface area is 231 Å². The first-order valence-electron chi connectivity index (χ1n) is 16.0. The van der Waals surface area contributed by atoms with E-state index in [1.807, 2.05) is 11.8 Å². The van der Waals surface area contributed by atoms with E-state index in [4.69, 9.17) is 0 Å². The largest absolute Gasteiger partial charge is 0.507 e. The van der Waals surface area contributed by atoms with Crippen molar-refractivity contribution in [2.45, 2.75) is 180 Å². The van der Waals surface area contributed by atoms with Crippen molar-refractivity contribution in [3.05, 3.63) is 23.3 Å². The Bertz CT molecular complexity index is 593. The highest BCUT2D eigenvalue weighted by Gasteiger charge is 2.19. The zero-order chi connectivity index (χ0) is 26.4. The smallest absolute Gasteiger partial charge is 0.122 e. The quantitative estimate of drug-likeness (QED) is 0.108. The predicted molar refractivity (Wildman–Crippen MR) is 165 cm³/mol. The van der Waals surface area contributed by atoms with Crippen molar-refractivity contribution in [2.24, 2.45) is 0 Å². The van der Waals surface area contributed by atoms with Gasteiger partial charge in [-0.15, -0.1) is 11.8 Å². The Morgan fingerprint density at radius 3 is 1.31 bits per heavy atom. The van der Waals surface area contributed by atoms with Gasteiger partial charge >= 0.3 is 0 Å². The third-order valence-electron chi connectivity index (χ3n) is 7.95. The van der Waals surface area contributed by atoms with E-state index in [-0.39, 0.29) is 0 Å². The fraction of sp³-hybridized carbons (Fsp3) is 0.824. The van der Waals surface area contributed by atoms with Crippen molar-refractivity contribution in [2.75, 3.05) is 5.75 Å². The van der Waals surface area contributed by atoms with Crippen molar-refractivity contribution in [1.82, 2.24) is 0 Å². The van der Waals surface area contributed by atoms with Gasteiger partial charge in [-0.2, -0.15) is 0 Å². The molecule has 0 aliphatic rings. The second-order valence-electron chi connectivity index (χ2n) is 11.5. The normalized spacial score (nSPS) is 13.2. The predicted octanol–water partition coefficient (Wildman–Crippen LogP) is 12.6. The molecule has 0 aliphatic heterocycles. The molecule has 0 radical (unpaired) electrons. The van der Waals surface area contributed by atoms with E-state index >= 15 is 0 Å². The molecular weight excluding hydrogens is 456 g/mol. The van der Waals surface area contributed by atoms with Crippen LogP contribution >= 0.6 is 11.8 Å². The monoisotopic (exact) mass is 518 g/mol. The molecule has 0 heterocycles. The van der Waals surface area contributed by atoms with Crippen LogP contribution in [0.3, 0.4) is 0 Å². The fourth-order valence-corrected chi connectivity index (χ4v) is 6.39. The third-order valence-corrected chi connectivity index (χ3v) is 9.01. The minimum atomic E-state index is 0.436. The van der Waals surface area contributed by atoms with Crippen molar-refractivity contribution in [1.29, 1.82) is 0 Å². The summed E-state index contributed by atoms with van der Waals surface area (Å²) in [6.07, 6.45) is 26.7. The zero-order valence-electron chi connectivity index (χ0n) is 25.0. The summed E-state index contributed by atoms with van der Waals surface area (Å²) in [6, 6.07) is 4.63. The summed E-state index contributed by atoms with van der Waals surface area (Å²) < 4.78 is 0. The molecule has 2 heteroatoms. The van der Waals surface area contributed by atoms with Gasteiger partial charge in [-0.05, 0) is 60.1 Å². The lowest BCUT2D eigenvalue weighted by atomic mass is 9.87. The number of benzene rings is 1. The molecule has 0 bridgehead atoms. The lowest BCUT2D eigenvalue weighted by molar-refractivity contribution is 0.440. The summed E-state index contributed by atoms with van der Waals surface area (Å²) in [5.74, 6) is 2.66. The van der Waals surface area contributed by atoms with Crippen LogP contribution in [0.2, 0.25) is 0 Å². The first kappa shape index (κ1) is 33.4. The van der Waals surface area contributed by atoms with Crippen LogP contribution in [0.4, 0.5) is 0 Å². The van der Waals surface area contributed by atoms with Gasteiger partial charge < -0.3 is 5.11 Å². The van der Waals surface area contributed by atoms with Gasteiger partial charge in [0.15, 0.2) is 0 Å². The zero-order valence-corrected chi connectivity index (χ0v) is 25.8.